The van der Waals surface area contributed by atoms with Crippen LogP contribution >= 0.6 is 11.8 Å². The lowest BCUT2D eigenvalue weighted by Gasteiger charge is -2.34. The van der Waals surface area contributed by atoms with Crippen LogP contribution in [0.4, 0.5) is 0 Å². The van der Waals surface area contributed by atoms with Crippen LogP contribution in [0.3, 0.4) is 0 Å². The van der Waals surface area contributed by atoms with Crippen LogP contribution in [-0.2, 0) is 20.3 Å². The molecule has 0 aromatic rings. The van der Waals surface area contributed by atoms with Gasteiger partial charge in [-0.15, -0.1) is 11.8 Å². The van der Waals surface area contributed by atoms with E-state index >= 15 is 0 Å². The summed E-state index contributed by atoms with van der Waals surface area (Å²) < 4.78 is 16.8. The first-order chi connectivity index (χ1) is 6.43. The third-order valence-corrected chi connectivity index (χ3v) is 6.16. The smallest absolute Gasteiger partial charge is 0.303 e. The maximum Gasteiger partial charge on any atom is 0.303 e. The van der Waals surface area contributed by atoms with Crippen LogP contribution in [-0.4, -0.2) is 31.9 Å². The van der Waals surface area contributed by atoms with Gasteiger partial charge in [-0.1, -0.05) is 0 Å². The predicted molar refractivity (Wildman–Crippen MR) is 59.7 cm³/mol. The number of hydrogen-bond acceptors (Lipinski definition) is 4. The van der Waals surface area contributed by atoms with Gasteiger partial charge in [0.15, 0.2) is 0 Å². The Balaban J connectivity index is 2.68. The lowest BCUT2D eigenvalue weighted by molar-refractivity contribution is -0.152. The molecule has 0 amide bonds. The first-order valence-corrected chi connectivity index (χ1v) is 7.05. The Kier molecular flexibility index (Phi) is 4.01. The number of thioether (sulfide) groups is 1. The van der Waals surface area contributed by atoms with Crippen LogP contribution < -0.4 is 0 Å². The number of carbonyl (C=O) groups is 1. The molecule has 1 aliphatic heterocycles. The highest BCUT2D eigenvalue weighted by molar-refractivity contribution is 8.12. The largest absolute Gasteiger partial charge is 0.458 e. The van der Waals surface area contributed by atoms with Crippen molar-refractivity contribution in [2.45, 2.75) is 37.4 Å². The van der Waals surface area contributed by atoms with Crippen LogP contribution in [0.1, 0.15) is 27.2 Å². The molecule has 1 rings (SSSR count). The van der Waals surface area contributed by atoms with Gasteiger partial charge in [0.25, 0.3) is 0 Å². The Bertz CT molecular complexity index is 250. The van der Waals surface area contributed by atoms with Crippen molar-refractivity contribution in [3.63, 3.8) is 0 Å². The van der Waals surface area contributed by atoms with Gasteiger partial charge in [0.1, 0.15) is 10.2 Å². The Morgan fingerprint density at radius 2 is 2.21 bits per heavy atom. The minimum atomic E-state index is -0.878. The molecule has 1 aliphatic rings. The fourth-order valence-electron chi connectivity index (χ4n) is 1.51. The third-order valence-electron chi connectivity index (χ3n) is 1.97. The summed E-state index contributed by atoms with van der Waals surface area (Å²) in [6.07, 6.45) is 0.990. The predicted octanol–water partition coefficient (Wildman–Crippen LogP) is 1.54. The second kappa shape index (κ2) is 4.66. The fraction of sp³-hybridized carbons (Fsp3) is 0.889. The molecule has 0 unspecified atom stereocenters. The van der Waals surface area contributed by atoms with E-state index < -0.39 is 16.4 Å². The molecule has 2 atom stereocenters. The zero-order valence-corrected chi connectivity index (χ0v) is 10.4. The van der Waals surface area contributed by atoms with Crippen LogP contribution in [0.2, 0.25) is 0 Å². The molecule has 0 aliphatic carbocycles. The van der Waals surface area contributed by atoms with E-state index in [1.807, 2.05) is 13.8 Å². The summed E-state index contributed by atoms with van der Waals surface area (Å²) >= 11 is 1.64. The number of hydrogen-bond donors (Lipinski definition) is 0. The van der Waals surface area contributed by atoms with Crippen molar-refractivity contribution in [1.29, 1.82) is 0 Å². The van der Waals surface area contributed by atoms with Crippen LogP contribution in [0.15, 0.2) is 0 Å². The Morgan fingerprint density at radius 1 is 1.57 bits per heavy atom. The Hall–Kier alpha value is -0.0300. The quantitative estimate of drug-likeness (QED) is 0.682. The summed E-state index contributed by atoms with van der Waals surface area (Å²) in [5, 5.41) is 0. The Labute approximate surface area is 91.4 Å². The lowest BCUT2D eigenvalue weighted by Crippen LogP contribution is -2.43. The fourth-order valence-corrected chi connectivity index (χ4v) is 5.18. The summed E-state index contributed by atoms with van der Waals surface area (Å²) in [6, 6.07) is 0. The first kappa shape index (κ1) is 12.0. The van der Waals surface area contributed by atoms with Crippen LogP contribution in [0.5, 0.6) is 0 Å². The van der Waals surface area contributed by atoms with Gasteiger partial charge >= 0.3 is 5.97 Å². The van der Waals surface area contributed by atoms with Crippen molar-refractivity contribution < 1.29 is 13.7 Å². The highest BCUT2D eigenvalue weighted by Gasteiger charge is 2.38. The molecule has 3 nitrogen and oxygen atoms in total. The van der Waals surface area contributed by atoms with E-state index in [1.165, 1.54) is 6.92 Å². The number of rotatable bonds is 2. The molecular weight excluding hydrogens is 220 g/mol. The maximum absolute atomic E-state index is 11.7. The molecule has 0 radical (unpaired) electrons. The monoisotopic (exact) mass is 236 g/mol. The molecule has 0 spiro atoms. The SMILES string of the molecule is CC(=O)OC(C)(C)[C@@H]1SCCC[S@]1=O. The van der Waals surface area contributed by atoms with Crippen LogP contribution in [0.25, 0.3) is 0 Å². The molecule has 1 heterocycles. The molecule has 0 bridgehead atoms. The number of esters is 1. The summed E-state index contributed by atoms with van der Waals surface area (Å²) in [4.78, 5) is 10.9. The maximum atomic E-state index is 11.7. The normalized spacial score (nSPS) is 28.5. The van der Waals surface area contributed by atoms with Gasteiger partial charge in [0, 0.05) is 23.5 Å². The topological polar surface area (TPSA) is 43.4 Å². The van der Waals surface area contributed by atoms with E-state index in [0.717, 1.165) is 17.9 Å². The van der Waals surface area contributed by atoms with Gasteiger partial charge in [-0.25, -0.2) is 0 Å². The van der Waals surface area contributed by atoms with Crippen LogP contribution in [0, 0.1) is 0 Å². The van der Waals surface area contributed by atoms with Crippen molar-refractivity contribution in [1.82, 2.24) is 0 Å². The van der Waals surface area contributed by atoms with Crippen molar-refractivity contribution >= 4 is 28.5 Å². The number of ether oxygens (including phenoxy) is 1. The van der Waals surface area contributed by atoms with E-state index in [4.69, 9.17) is 4.74 Å². The van der Waals surface area contributed by atoms with Gasteiger partial charge in [-0.2, -0.15) is 0 Å². The van der Waals surface area contributed by atoms with E-state index in [-0.39, 0.29) is 10.6 Å². The van der Waals surface area contributed by atoms with E-state index in [0.29, 0.717) is 0 Å². The van der Waals surface area contributed by atoms with Crippen molar-refractivity contribution in [3.8, 4) is 0 Å². The average Bonchev–Trinajstić information content (AvgIpc) is 2.02. The van der Waals surface area contributed by atoms with E-state index in [2.05, 4.69) is 0 Å². The van der Waals surface area contributed by atoms with Gasteiger partial charge < -0.3 is 4.74 Å². The molecule has 14 heavy (non-hydrogen) atoms. The van der Waals surface area contributed by atoms with Crippen molar-refractivity contribution in [3.05, 3.63) is 0 Å². The summed E-state index contributed by atoms with van der Waals surface area (Å²) in [5.74, 6) is 1.42. The highest BCUT2D eigenvalue weighted by atomic mass is 32.2. The minimum absolute atomic E-state index is 0.0832. The zero-order chi connectivity index (χ0) is 10.8. The van der Waals surface area contributed by atoms with Gasteiger partial charge in [-0.05, 0) is 26.0 Å². The van der Waals surface area contributed by atoms with Crippen molar-refractivity contribution in [2.24, 2.45) is 0 Å². The molecule has 0 aromatic heterocycles. The lowest BCUT2D eigenvalue weighted by atomic mass is 10.2. The molecule has 1 saturated heterocycles. The zero-order valence-electron chi connectivity index (χ0n) is 8.74. The summed E-state index contributed by atoms with van der Waals surface area (Å²) in [6.45, 7) is 5.04. The average molecular weight is 236 g/mol. The van der Waals surface area contributed by atoms with E-state index in [9.17, 15) is 9.00 Å². The van der Waals surface area contributed by atoms with Gasteiger partial charge in [0.2, 0.25) is 0 Å². The molecule has 82 valence electrons. The van der Waals surface area contributed by atoms with Gasteiger partial charge in [-0.3, -0.25) is 9.00 Å². The number of carbonyl (C=O) groups excluding carboxylic acids is 1. The van der Waals surface area contributed by atoms with Crippen molar-refractivity contribution in [2.75, 3.05) is 11.5 Å². The molecule has 0 saturated carbocycles. The molecule has 0 N–H and O–H groups in total. The highest BCUT2D eigenvalue weighted by Crippen LogP contribution is 2.33. The first-order valence-electron chi connectivity index (χ1n) is 4.62. The molecular formula is C9H16O3S2. The molecule has 1 fully saturated rings. The standard InChI is InChI=1S/C9H16O3S2/c1-7(10)12-9(2,3)8-13-5-4-6-14(8)11/h8H,4-6H2,1-3H3/t8-,14-/m1/s1. The molecule has 0 aromatic carbocycles. The second-order valence-electron chi connectivity index (χ2n) is 3.84. The minimum Gasteiger partial charge on any atom is -0.458 e. The summed E-state index contributed by atoms with van der Waals surface area (Å²) in [5.41, 5.74) is -0.623. The Morgan fingerprint density at radius 3 is 2.71 bits per heavy atom. The molecule has 5 heteroatoms. The second-order valence-corrected chi connectivity index (χ2v) is 6.99. The van der Waals surface area contributed by atoms with E-state index in [1.54, 1.807) is 11.8 Å². The third kappa shape index (κ3) is 2.98. The van der Waals surface area contributed by atoms with Gasteiger partial charge in [0.05, 0.1) is 0 Å². The summed E-state index contributed by atoms with van der Waals surface area (Å²) in [7, 11) is -0.878.